The summed E-state index contributed by atoms with van der Waals surface area (Å²) < 4.78 is 0. The second kappa shape index (κ2) is 7.79. The predicted octanol–water partition coefficient (Wildman–Crippen LogP) is 2.45. The van der Waals surface area contributed by atoms with Crippen LogP contribution in [0.25, 0.3) is 0 Å². The molecule has 0 aliphatic rings. The molecule has 1 aromatic rings. The minimum absolute atomic E-state index is 0.0313. The number of carbonyl (C=O) groups is 1. The van der Waals surface area contributed by atoms with Crippen molar-refractivity contribution in [3.8, 4) is 0 Å². The lowest BCUT2D eigenvalue weighted by Crippen LogP contribution is -2.38. The minimum atomic E-state index is -0.369. The van der Waals surface area contributed by atoms with Crippen molar-refractivity contribution in [2.24, 2.45) is 5.92 Å². The lowest BCUT2D eigenvalue weighted by molar-refractivity contribution is 0.116. The number of amides is 2. The Kier molecular flexibility index (Phi) is 6.36. The van der Waals surface area contributed by atoms with Crippen LogP contribution in [0.4, 0.5) is 4.79 Å². The van der Waals surface area contributed by atoms with Gasteiger partial charge in [-0.2, -0.15) is 0 Å². The van der Waals surface area contributed by atoms with Gasteiger partial charge in [0, 0.05) is 6.54 Å². The molecule has 3 N–H and O–H groups in total. The molecule has 2 unspecified atom stereocenters. The van der Waals surface area contributed by atoms with E-state index in [1.807, 2.05) is 51.1 Å². The molecule has 0 fully saturated rings. The average Bonchev–Trinajstić information content (AvgIpc) is 2.39. The maximum Gasteiger partial charge on any atom is 0.315 e. The number of aliphatic hydroxyl groups excluding tert-OH is 1. The summed E-state index contributed by atoms with van der Waals surface area (Å²) in [4.78, 5) is 11.7. The Morgan fingerprint density at radius 3 is 2.42 bits per heavy atom. The van der Waals surface area contributed by atoms with Gasteiger partial charge in [0.1, 0.15) is 0 Å². The van der Waals surface area contributed by atoms with Crippen molar-refractivity contribution in [2.45, 2.75) is 39.3 Å². The lowest BCUT2D eigenvalue weighted by Gasteiger charge is -2.17. The lowest BCUT2D eigenvalue weighted by atomic mass is 10.0. The summed E-state index contributed by atoms with van der Waals surface area (Å²) in [6.07, 6.45) is 0.206. The Balaban J connectivity index is 2.28. The Morgan fingerprint density at radius 1 is 1.21 bits per heavy atom. The molecule has 0 bridgehead atoms. The molecular formula is C15H24N2O2. The van der Waals surface area contributed by atoms with Gasteiger partial charge in [-0.1, -0.05) is 44.2 Å². The largest absolute Gasteiger partial charge is 0.393 e. The molecule has 4 nitrogen and oxygen atoms in total. The van der Waals surface area contributed by atoms with Crippen LogP contribution in [-0.4, -0.2) is 23.8 Å². The first kappa shape index (κ1) is 15.5. The summed E-state index contributed by atoms with van der Waals surface area (Å²) in [6.45, 7) is 6.34. The number of carbonyl (C=O) groups excluding carboxylic acids is 1. The van der Waals surface area contributed by atoms with Crippen molar-refractivity contribution >= 4 is 6.03 Å². The predicted molar refractivity (Wildman–Crippen MR) is 76.9 cm³/mol. The van der Waals surface area contributed by atoms with Gasteiger partial charge in [-0.15, -0.1) is 0 Å². The molecule has 0 aromatic heterocycles. The van der Waals surface area contributed by atoms with E-state index in [4.69, 9.17) is 0 Å². The summed E-state index contributed by atoms with van der Waals surface area (Å²) >= 11 is 0. The van der Waals surface area contributed by atoms with Crippen LogP contribution in [0.2, 0.25) is 0 Å². The quantitative estimate of drug-likeness (QED) is 0.739. The molecule has 4 heteroatoms. The zero-order valence-electron chi connectivity index (χ0n) is 11.9. The Bertz CT molecular complexity index is 379. The molecular weight excluding hydrogens is 240 g/mol. The van der Waals surface area contributed by atoms with E-state index in [-0.39, 0.29) is 24.1 Å². The van der Waals surface area contributed by atoms with Crippen LogP contribution in [-0.2, 0) is 0 Å². The smallest absolute Gasteiger partial charge is 0.315 e. The van der Waals surface area contributed by atoms with Crippen molar-refractivity contribution in [2.75, 3.05) is 6.54 Å². The summed E-state index contributed by atoms with van der Waals surface area (Å²) in [5.41, 5.74) is 1.07. The second-order valence-corrected chi connectivity index (χ2v) is 5.13. The highest BCUT2D eigenvalue weighted by molar-refractivity contribution is 5.74. The van der Waals surface area contributed by atoms with E-state index < -0.39 is 0 Å². The molecule has 0 saturated heterocycles. The first-order chi connectivity index (χ1) is 9.00. The number of benzene rings is 1. The Labute approximate surface area is 115 Å². The third-order valence-electron chi connectivity index (χ3n) is 3.14. The summed E-state index contributed by atoms with van der Waals surface area (Å²) in [5.74, 6) is 0.216. The minimum Gasteiger partial charge on any atom is -0.393 e. The van der Waals surface area contributed by atoms with E-state index in [2.05, 4.69) is 10.6 Å². The van der Waals surface area contributed by atoms with Gasteiger partial charge < -0.3 is 15.7 Å². The number of urea groups is 1. The van der Waals surface area contributed by atoms with Crippen LogP contribution >= 0.6 is 0 Å². The first-order valence-electron chi connectivity index (χ1n) is 6.78. The van der Waals surface area contributed by atoms with Crippen LogP contribution in [0.1, 0.15) is 38.8 Å². The SMILES string of the molecule is CC(NC(=O)NCCC(O)C(C)C)c1ccccc1. The molecule has 0 saturated carbocycles. The molecule has 2 amide bonds. The Morgan fingerprint density at radius 2 is 1.84 bits per heavy atom. The second-order valence-electron chi connectivity index (χ2n) is 5.13. The highest BCUT2D eigenvalue weighted by Crippen LogP contribution is 2.10. The van der Waals surface area contributed by atoms with Crippen molar-refractivity contribution in [1.29, 1.82) is 0 Å². The standard InChI is InChI=1S/C15H24N2O2/c1-11(2)14(18)9-10-16-15(19)17-12(3)13-7-5-4-6-8-13/h4-8,11-12,14,18H,9-10H2,1-3H3,(H2,16,17,19). The van der Waals surface area contributed by atoms with Crippen LogP contribution in [0.5, 0.6) is 0 Å². The zero-order chi connectivity index (χ0) is 14.3. The van der Waals surface area contributed by atoms with Crippen LogP contribution < -0.4 is 10.6 Å². The van der Waals surface area contributed by atoms with Gasteiger partial charge >= 0.3 is 6.03 Å². The molecule has 2 atom stereocenters. The molecule has 0 radical (unpaired) electrons. The van der Waals surface area contributed by atoms with Crippen molar-refractivity contribution in [3.05, 3.63) is 35.9 Å². The van der Waals surface area contributed by atoms with E-state index in [0.717, 1.165) is 5.56 Å². The van der Waals surface area contributed by atoms with E-state index in [9.17, 15) is 9.90 Å². The number of aliphatic hydroxyl groups is 1. The van der Waals surface area contributed by atoms with Gasteiger partial charge in [0.2, 0.25) is 0 Å². The van der Waals surface area contributed by atoms with Gasteiger partial charge in [0.15, 0.2) is 0 Å². The first-order valence-corrected chi connectivity index (χ1v) is 6.78. The molecule has 0 spiro atoms. The third-order valence-corrected chi connectivity index (χ3v) is 3.14. The van der Waals surface area contributed by atoms with Crippen LogP contribution in [0.3, 0.4) is 0 Å². The van der Waals surface area contributed by atoms with E-state index in [1.165, 1.54) is 0 Å². The highest BCUT2D eigenvalue weighted by atomic mass is 16.3. The normalized spacial score (nSPS) is 13.9. The molecule has 1 rings (SSSR count). The topological polar surface area (TPSA) is 61.4 Å². The summed E-state index contributed by atoms with van der Waals surface area (Å²) in [5, 5.41) is 15.3. The van der Waals surface area contributed by atoms with Gasteiger partial charge in [-0.25, -0.2) is 4.79 Å². The van der Waals surface area contributed by atoms with Gasteiger partial charge in [0.05, 0.1) is 12.1 Å². The van der Waals surface area contributed by atoms with Crippen LogP contribution in [0.15, 0.2) is 30.3 Å². The Hall–Kier alpha value is -1.55. The van der Waals surface area contributed by atoms with Crippen molar-refractivity contribution in [3.63, 3.8) is 0 Å². The fourth-order valence-electron chi connectivity index (χ4n) is 1.74. The third kappa shape index (κ3) is 5.75. The van der Waals surface area contributed by atoms with Gasteiger partial charge in [-0.05, 0) is 24.8 Å². The highest BCUT2D eigenvalue weighted by Gasteiger charge is 2.11. The summed E-state index contributed by atoms with van der Waals surface area (Å²) in [6, 6.07) is 9.57. The zero-order valence-corrected chi connectivity index (χ0v) is 11.9. The van der Waals surface area contributed by atoms with E-state index >= 15 is 0 Å². The molecule has 106 valence electrons. The molecule has 19 heavy (non-hydrogen) atoms. The maximum atomic E-state index is 11.7. The van der Waals surface area contributed by atoms with Crippen LogP contribution in [0, 0.1) is 5.92 Å². The fourth-order valence-corrected chi connectivity index (χ4v) is 1.74. The molecule has 0 heterocycles. The van der Waals surface area contributed by atoms with E-state index in [0.29, 0.717) is 13.0 Å². The van der Waals surface area contributed by atoms with E-state index in [1.54, 1.807) is 0 Å². The molecule has 0 aliphatic carbocycles. The van der Waals surface area contributed by atoms with Crippen molar-refractivity contribution in [1.82, 2.24) is 10.6 Å². The molecule has 1 aromatic carbocycles. The fraction of sp³-hybridized carbons (Fsp3) is 0.533. The average molecular weight is 264 g/mol. The number of nitrogens with one attached hydrogen (secondary N) is 2. The number of hydrogen-bond donors (Lipinski definition) is 3. The monoisotopic (exact) mass is 264 g/mol. The molecule has 0 aliphatic heterocycles. The summed E-state index contributed by atoms with van der Waals surface area (Å²) in [7, 11) is 0. The number of rotatable bonds is 6. The van der Waals surface area contributed by atoms with Crippen molar-refractivity contribution < 1.29 is 9.90 Å². The van der Waals surface area contributed by atoms with Gasteiger partial charge in [-0.3, -0.25) is 0 Å². The van der Waals surface area contributed by atoms with Gasteiger partial charge in [0.25, 0.3) is 0 Å². The number of hydrogen-bond acceptors (Lipinski definition) is 2. The maximum absolute atomic E-state index is 11.7.